The molecule has 5 heteroatoms. The lowest BCUT2D eigenvalue weighted by atomic mass is 10.2. The molecule has 0 heterocycles. The number of rotatable bonds is 7. The van der Waals surface area contributed by atoms with Gasteiger partial charge < -0.3 is 5.32 Å². The minimum atomic E-state index is -4.11. The first-order valence-electron chi connectivity index (χ1n) is 5.77. The second kappa shape index (κ2) is 7.12. The molecule has 0 aromatic heterocycles. The molecule has 0 saturated heterocycles. The molecule has 0 fully saturated rings. The van der Waals surface area contributed by atoms with Crippen molar-refractivity contribution in [3.63, 3.8) is 0 Å². The van der Waals surface area contributed by atoms with Gasteiger partial charge in [-0.1, -0.05) is 20.8 Å². The summed E-state index contributed by atoms with van der Waals surface area (Å²) in [5.41, 5.74) is 0. The molecule has 0 aliphatic heterocycles. The van der Waals surface area contributed by atoms with Gasteiger partial charge in [-0.2, -0.15) is 13.2 Å². The summed E-state index contributed by atoms with van der Waals surface area (Å²) in [6.07, 6.45) is -4.11. The van der Waals surface area contributed by atoms with Crippen molar-refractivity contribution in [2.75, 3.05) is 26.2 Å². The van der Waals surface area contributed by atoms with Gasteiger partial charge in [-0.3, -0.25) is 4.90 Å². The van der Waals surface area contributed by atoms with Crippen molar-refractivity contribution in [3.8, 4) is 0 Å². The van der Waals surface area contributed by atoms with E-state index in [2.05, 4.69) is 19.2 Å². The van der Waals surface area contributed by atoms with E-state index in [9.17, 15) is 13.2 Å². The number of hydrogen-bond donors (Lipinski definition) is 1. The molecule has 0 aliphatic carbocycles. The summed E-state index contributed by atoms with van der Waals surface area (Å²) >= 11 is 0. The predicted molar refractivity (Wildman–Crippen MR) is 60.5 cm³/mol. The van der Waals surface area contributed by atoms with Crippen LogP contribution >= 0.6 is 0 Å². The van der Waals surface area contributed by atoms with Crippen molar-refractivity contribution in [1.29, 1.82) is 0 Å². The van der Waals surface area contributed by atoms with E-state index in [1.54, 1.807) is 6.92 Å². The van der Waals surface area contributed by atoms with Gasteiger partial charge in [0.25, 0.3) is 0 Å². The van der Waals surface area contributed by atoms with Gasteiger partial charge in [0.15, 0.2) is 0 Å². The van der Waals surface area contributed by atoms with Crippen molar-refractivity contribution in [2.24, 2.45) is 5.92 Å². The Labute approximate surface area is 96.2 Å². The van der Waals surface area contributed by atoms with Crippen LogP contribution < -0.4 is 5.32 Å². The highest BCUT2D eigenvalue weighted by Crippen LogP contribution is 2.17. The normalized spacial score (nSPS) is 14.8. The fourth-order valence-electron chi connectivity index (χ4n) is 1.52. The Morgan fingerprint density at radius 2 is 1.69 bits per heavy atom. The molecule has 0 aromatic rings. The Morgan fingerprint density at radius 3 is 2.06 bits per heavy atom. The zero-order valence-electron chi connectivity index (χ0n) is 10.6. The van der Waals surface area contributed by atoms with Crippen LogP contribution in [0.2, 0.25) is 0 Å². The third-order valence-electron chi connectivity index (χ3n) is 2.40. The van der Waals surface area contributed by atoms with Crippen LogP contribution in [0.3, 0.4) is 0 Å². The molecule has 1 N–H and O–H groups in total. The van der Waals surface area contributed by atoms with Gasteiger partial charge in [-0.15, -0.1) is 0 Å². The highest BCUT2D eigenvalue weighted by molar-refractivity contribution is 4.71. The van der Waals surface area contributed by atoms with Crippen LogP contribution in [-0.4, -0.2) is 43.3 Å². The monoisotopic (exact) mass is 240 g/mol. The van der Waals surface area contributed by atoms with E-state index in [-0.39, 0.29) is 6.04 Å². The summed E-state index contributed by atoms with van der Waals surface area (Å²) < 4.78 is 36.7. The third kappa shape index (κ3) is 7.93. The molecule has 0 rings (SSSR count). The number of alkyl halides is 3. The van der Waals surface area contributed by atoms with Gasteiger partial charge in [0, 0.05) is 12.6 Å². The van der Waals surface area contributed by atoms with Crippen LogP contribution in [0.15, 0.2) is 0 Å². The van der Waals surface area contributed by atoms with Crippen LogP contribution in [0.25, 0.3) is 0 Å². The lowest BCUT2D eigenvalue weighted by Crippen LogP contribution is -2.45. The van der Waals surface area contributed by atoms with E-state index in [0.717, 1.165) is 6.54 Å². The molecule has 0 spiro atoms. The average Bonchev–Trinajstić information content (AvgIpc) is 2.11. The van der Waals surface area contributed by atoms with Crippen LogP contribution in [0.4, 0.5) is 13.2 Å². The zero-order chi connectivity index (χ0) is 12.8. The van der Waals surface area contributed by atoms with E-state index >= 15 is 0 Å². The van der Waals surface area contributed by atoms with Crippen molar-refractivity contribution >= 4 is 0 Å². The van der Waals surface area contributed by atoms with Gasteiger partial charge in [0.1, 0.15) is 0 Å². The first kappa shape index (κ1) is 15.7. The first-order chi connectivity index (χ1) is 7.26. The first-order valence-corrected chi connectivity index (χ1v) is 5.77. The molecule has 0 aromatic carbocycles. The lowest BCUT2D eigenvalue weighted by Gasteiger charge is -2.29. The number of halogens is 3. The van der Waals surface area contributed by atoms with Crippen LogP contribution in [0, 0.1) is 5.92 Å². The number of nitrogens with one attached hydrogen (secondary N) is 1. The summed E-state index contributed by atoms with van der Waals surface area (Å²) in [6, 6.07) is -0.0922. The molecule has 0 aliphatic rings. The van der Waals surface area contributed by atoms with Crippen molar-refractivity contribution in [1.82, 2.24) is 10.2 Å². The number of hydrogen-bond acceptors (Lipinski definition) is 2. The van der Waals surface area contributed by atoms with E-state index in [4.69, 9.17) is 0 Å². The second-order valence-corrected chi connectivity index (χ2v) is 4.58. The Kier molecular flexibility index (Phi) is 6.99. The maximum atomic E-state index is 12.2. The Bertz CT molecular complexity index is 181. The fraction of sp³-hybridized carbons (Fsp3) is 1.00. The average molecular weight is 240 g/mol. The standard InChI is InChI=1S/C11H23F3N2/c1-5-16(8-11(12,13)14)10(4)7-15-6-9(2)3/h9-10,15H,5-8H2,1-4H3. The molecule has 1 unspecified atom stereocenters. The predicted octanol–water partition coefficient (Wildman–Crippen LogP) is 2.50. The minimum absolute atomic E-state index is 0.0922. The maximum Gasteiger partial charge on any atom is 0.401 e. The Morgan fingerprint density at radius 1 is 1.12 bits per heavy atom. The van der Waals surface area contributed by atoms with E-state index in [1.807, 2.05) is 6.92 Å². The number of likely N-dealkylation sites (N-methyl/N-ethyl adjacent to an activating group) is 1. The molecule has 0 amide bonds. The minimum Gasteiger partial charge on any atom is -0.315 e. The van der Waals surface area contributed by atoms with Gasteiger partial charge in [-0.05, 0) is 25.9 Å². The topological polar surface area (TPSA) is 15.3 Å². The summed E-state index contributed by atoms with van der Waals surface area (Å²) in [5, 5.41) is 3.18. The molecule has 1 atom stereocenters. The van der Waals surface area contributed by atoms with Crippen molar-refractivity contribution < 1.29 is 13.2 Å². The summed E-state index contributed by atoms with van der Waals surface area (Å²) in [4.78, 5) is 1.44. The molecule has 0 radical (unpaired) electrons. The van der Waals surface area contributed by atoms with Gasteiger partial charge in [0.2, 0.25) is 0 Å². The highest BCUT2D eigenvalue weighted by atomic mass is 19.4. The van der Waals surface area contributed by atoms with Gasteiger partial charge in [0.05, 0.1) is 6.54 Å². The fourth-order valence-corrected chi connectivity index (χ4v) is 1.52. The molecular weight excluding hydrogens is 217 g/mol. The summed E-state index contributed by atoms with van der Waals surface area (Å²) in [6.45, 7) is 8.76. The van der Waals surface area contributed by atoms with Crippen LogP contribution in [0.1, 0.15) is 27.7 Å². The number of nitrogens with zero attached hydrogens (tertiary/aromatic N) is 1. The van der Waals surface area contributed by atoms with Crippen LogP contribution in [0.5, 0.6) is 0 Å². The summed E-state index contributed by atoms with van der Waals surface area (Å²) in [7, 11) is 0. The zero-order valence-corrected chi connectivity index (χ0v) is 10.6. The van der Waals surface area contributed by atoms with Crippen molar-refractivity contribution in [3.05, 3.63) is 0 Å². The van der Waals surface area contributed by atoms with E-state index in [0.29, 0.717) is 19.0 Å². The smallest absolute Gasteiger partial charge is 0.315 e. The quantitative estimate of drug-likeness (QED) is 0.735. The van der Waals surface area contributed by atoms with Gasteiger partial charge >= 0.3 is 6.18 Å². The molecule has 16 heavy (non-hydrogen) atoms. The Balaban J connectivity index is 3.96. The molecule has 98 valence electrons. The molecule has 0 saturated carbocycles. The lowest BCUT2D eigenvalue weighted by molar-refractivity contribution is -0.149. The van der Waals surface area contributed by atoms with Gasteiger partial charge in [-0.25, -0.2) is 0 Å². The second-order valence-electron chi connectivity index (χ2n) is 4.58. The molecule has 0 bridgehead atoms. The largest absolute Gasteiger partial charge is 0.401 e. The van der Waals surface area contributed by atoms with E-state index < -0.39 is 12.7 Å². The SMILES string of the molecule is CCN(CC(F)(F)F)C(C)CNCC(C)C. The van der Waals surface area contributed by atoms with Crippen molar-refractivity contribution in [2.45, 2.75) is 39.9 Å². The Hall–Kier alpha value is -0.290. The highest BCUT2D eigenvalue weighted by Gasteiger charge is 2.31. The van der Waals surface area contributed by atoms with Crippen LogP contribution in [-0.2, 0) is 0 Å². The van der Waals surface area contributed by atoms with E-state index in [1.165, 1.54) is 4.90 Å². The maximum absolute atomic E-state index is 12.2. The summed E-state index contributed by atoms with van der Waals surface area (Å²) in [5.74, 6) is 0.518. The molecular formula is C11H23F3N2. The third-order valence-corrected chi connectivity index (χ3v) is 2.40. The molecule has 2 nitrogen and oxygen atoms in total.